The van der Waals surface area contributed by atoms with Gasteiger partial charge in [0.25, 0.3) is 0 Å². The zero-order valence-corrected chi connectivity index (χ0v) is 8.02. The van der Waals surface area contributed by atoms with Crippen molar-refractivity contribution in [3.8, 4) is 0 Å². The van der Waals surface area contributed by atoms with Gasteiger partial charge in [-0.25, -0.2) is 0 Å². The molecule has 0 aromatic heterocycles. The molecule has 4 N–H and O–H groups in total. The SMILES string of the molecule is CSC[C@H]1O[C@H](O)[C@H](O)[C@@H](O)[C@@H]1O. The molecule has 5 nitrogen and oxygen atoms in total. The first-order chi connectivity index (χ1) is 6.07. The first kappa shape index (κ1) is 11.2. The maximum atomic E-state index is 9.40. The van der Waals surface area contributed by atoms with E-state index in [1.165, 1.54) is 11.8 Å². The van der Waals surface area contributed by atoms with Gasteiger partial charge < -0.3 is 25.2 Å². The third kappa shape index (κ3) is 2.34. The molecule has 0 unspecified atom stereocenters. The third-order valence-electron chi connectivity index (χ3n) is 2.02. The Hall–Kier alpha value is 0.150. The lowest BCUT2D eigenvalue weighted by Crippen LogP contribution is -2.58. The molecule has 1 rings (SSSR count). The van der Waals surface area contributed by atoms with E-state index in [9.17, 15) is 10.2 Å². The van der Waals surface area contributed by atoms with Crippen LogP contribution in [0.3, 0.4) is 0 Å². The minimum absolute atomic E-state index is 0.460. The van der Waals surface area contributed by atoms with Gasteiger partial charge in [0.05, 0.1) is 6.10 Å². The Bertz CT molecular complexity index is 167. The normalized spacial score (nSPS) is 46.4. The zero-order chi connectivity index (χ0) is 10.0. The van der Waals surface area contributed by atoms with E-state index in [0.29, 0.717) is 5.75 Å². The number of aliphatic hydroxyl groups is 4. The molecule has 0 aliphatic carbocycles. The fourth-order valence-electron chi connectivity index (χ4n) is 1.23. The minimum atomic E-state index is -1.44. The second-order valence-electron chi connectivity index (χ2n) is 2.99. The summed E-state index contributed by atoms with van der Waals surface area (Å²) in [6.45, 7) is 0. The summed E-state index contributed by atoms with van der Waals surface area (Å²) < 4.78 is 4.90. The highest BCUT2D eigenvalue weighted by molar-refractivity contribution is 7.98. The van der Waals surface area contributed by atoms with Crippen molar-refractivity contribution >= 4 is 11.8 Å². The average molecular weight is 210 g/mol. The van der Waals surface area contributed by atoms with Crippen molar-refractivity contribution in [3.63, 3.8) is 0 Å². The van der Waals surface area contributed by atoms with Gasteiger partial charge in [-0.15, -0.1) is 0 Å². The highest BCUT2D eigenvalue weighted by atomic mass is 32.2. The number of thioether (sulfide) groups is 1. The summed E-state index contributed by atoms with van der Waals surface area (Å²) in [6.07, 6.45) is -4.17. The predicted molar refractivity (Wildman–Crippen MR) is 47.3 cm³/mol. The Morgan fingerprint density at radius 2 is 1.69 bits per heavy atom. The second kappa shape index (κ2) is 4.59. The van der Waals surface area contributed by atoms with Gasteiger partial charge in [-0.2, -0.15) is 11.8 Å². The van der Waals surface area contributed by atoms with E-state index in [1.807, 2.05) is 6.26 Å². The van der Waals surface area contributed by atoms with E-state index in [1.54, 1.807) is 0 Å². The van der Waals surface area contributed by atoms with E-state index in [4.69, 9.17) is 14.9 Å². The van der Waals surface area contributed by atoms with E-state index in [-0.39, 0.29) is 0 Å². The quantitative estimate of drug-likeness (QED) is 0.428. The van der Waals surface area contributed by atoms with Crippen LogP contribution in [-0.4, -0.2) is 63.1 Å². The molecular weight excluding hydrogens is 196 g/mol. The molecular formula is C7H14O5S. The molecule has 1 fully saturated rings. The molecule has 6 heteroatoms. The van der Waals surface area contributed by atoms with Crippen molar-refractivity contribution in [3.05, 3.63) is 0 Å². The van der Waals surface area contributed by atoms with Crippen molar-refractivity contribution in [1.82, 2.24) is 0 Å². The van der Waals surface area contributed by atoms with Gasteiger partial charge in [0, 0.05) is 5.75 Å². The van der Waals surface area contributed by atoms with E-state index >= 15 is 0 Å². The molecule has 5 atom stereocenters. The summed E-state index contributed by atoms with van der Waals surface area (Å²) in [5.41, 5.74) is 0. The first-order valence-electron chi connectivity index (χ1n) is 3.94. The van der Waals surface area contributed by atoms with Gasteiger partial charge in [-0.1, -0.05) is 0 Å². The van der Waals surface area contributed by atoms with Gasteiger partial charge >= 0.3 is 0 Å². The monoisotopic (exact) mass is 210 g/mol. The van der Waals surface area contributed by atoms with Crippen LogP contribution in [0.25, 0.3) is 0 Å². The fraction of sp³-hybridized carbons (Fsp3) is 1.00. The van der Waals surface area contributed by atoms with Crippen LogP contribution >= 0.6 is 11.8 Å². The van der Waals surface area contributed by atoms with Gasteiger partial charge in [0.15, 0.2) is 6.29 Å². The minimum Gasteiger partial charge on any atom is -0.388 e. The molecule has 1 saturated heterocycles. The molecule has 0 aromatic rings. The summed E-state index contributed by atoms with van der Waals surface area (Å²) in [6, 6.07) is 0. The van der Waals surface area contributed by atoms with Crippen LogP contribution in [0, 0.1) is 0 Å². The van der Waals surface area contributed by atoms with Crippen molar-refractivity contribution < 1.29 is 25.2 Å². The molecule has 0 saturated carbocycles. The van der Waals surface area contributed by atoms with Crippen LogP contribution in [0.1, 0.15) is 0 Å². The molecule has 78 valence electrons. The second-order valence-corrected chi connectivity index (χ2v) is 3.90. The number of hydrogen-bond donors (Lipinski definition) is 4. The lowest BCUT2D eigenvalue weighted by atomic mass is 10.0. The number of aliphatic hydroxyl groups excluding tert-OH is 4. The Kier molecular flexibility index (Phi) is 3.96. The first-order valence-corrected chi connectivity index (χ1v) is 5.34. The standard InChI is InChI=1S/C7H14O5S/c1-13-2-3-4(8)5(9)6(10)7(11)12-3/h3-11H,2H2,1H3/t3-,4-,5+,6-,7+/m1/s1. The Morgan fingerprint density at radius 1 is 1.08 bits per heavy atom. The number of ether oxygens (including phenoxy) is 1. The molecule has 0 aromatic carbocycles. The molecule has 0 bridgehead atoms. The summed E-state index contributed by atoms with van der Waals surface area (Å²) in [5.74, 6) is 0.460. The van der Waals surface area contributed by atoms with E-state index < -0.39 is 30.7 Å². The van der Waals surface area contributed by atoms with Gasteiger partial charge in [0.2, 0.25) is 0 Å². The Balaban J connectivity index is 2.59. The fourth-order valence-corrected chi connectivity index (χ4v) is 1.84. The van der Waals surface area contributed by atoms with Crippen LogP contribution < -0.4 is 0 Å². The van der Waals surface area contributed by atoms with Crippen LogP contribution in [-0.2, 0) is 4.74 Å². The van der Waals surface area contributed by atoms with E-state index in [0.717, 1.165) is 0 Å². The third-order valence-corrected chi connectivity index (χ3v) is 2.68. The molecule has 1 heterocycles. The van der Waals surface area contributed by atoms with Crippen molar-refractivity contribution in [2.24, 2.45) is 0 Å². The van der Waals surface area contributed by atoms with Gasteiger partial charge in [-0.05, 0) is 6.26 Å². The average Bonchev–Trinajstić information content (AvgIpc) is 2.11. The van der Waals surface area contributed by atoms with Crippen LogP contribution in [0.15, 0.2) is 0 Å². The van der Waals surface area contributed by atoms with Gasteiger partial charge in [0.1, 0.15) is 18.3 Å². The van der Waals surface area contributed by atoms with E-state index in [2.05, 4.69) is 0 Å². The summed E-state index contributed by atoms with van der Waals surface area (Å²) in [4.78, 5) is 0. The zero-order valence-electron chi connectivity index (χ0n) is 7.20. The van der Waals surface area contributed by atoms with Crippen molar-refractivity contribution in [1.29, 1.82) is 0 Å². The maximum absolute atomic E-state index is 9.40. The lowest BCUT2D eigenvalue weighted by molar-refractivity contribution is -0.276. The summed E-state index contributed by atoms with van der Waals surface area (Å²) >= 11 is 1.43. The topological polar surface area (TPSA) is 90.2 Å². The Labute approximate surface area is 80.3 Å². The lowest BCUT2D eigenvalue weighted by Gasteiger charge is -2.38. The molecule has 0 amide bonds. The van der Waals surface area contributed by atoms with Crippen LogP contribution in [0.4, 0.5) is 0 Å². The highest BCUT2D eigenvalue weighted by Gasteiger charge is 2.42. The van der Waals surface area contributed by atoms with Gasteiger partial charge in [-0.3, -0.25) is 0 Å². The number of rotatable bonds is 2. The molecule has 1 aliphatic heterocycles. The Morgan fingerprint density at radius 3 is 2.23 bits per heavy atom. The largest absolute Gasteiger partial charge is 0.388 e. The van der Waals surface area contributed by atoms with Crippen LogP contribution in [0.2, 0.25) is 0 Å². The smallest absolute Gasteiger partial charge is 0.183 e. The summed E-state index contributed by atoms with van der Waals surface area (Å²) in [7, 11) is 0. The maximum Gasteiger partial charge on any atom is 0.183 e. The van der Waals surface area contributed by atoms with Crippen molar-refractivity contribution in [2.45, 2.75) is 30.7 Å². The highest BCUT2D eigenvalue weighted by Crippen LogP contribution is 2.21. The summed E-state index contributed by atoms with van der Waals surface area (Å²) in [5, 5.41) is 36.9. The van der Waals surface area contributed by atoms with Crippen LogP contribution in [0.5, 0.6) is 0 Å². The number of hydrogen-bond acceptors (Lipinski definition) is 6. The molecule has 1 aliphatic rings. The predicted octanol–water partition coefficient (Wildman–Crippen LogP) is -1.85. The molecule has 13 heavy (non-hydrogen) atoms. The van der Waals surface area contributed by atoms with Crippen molar-refractivity contribution in [2.75, 3.05) is 12.0 Å². The molecule has 0 radical (unpaired) electrons. The molecule has 0 spiro atoms.